The lowest BCUT2D eigenvalue weighted by atomic mass is 10.0. The van der Waals surface area contributed by atoms with Crippen LogP contribution in [0.1, 0.15) is 63.3 Å². The molecule has 0 saturated heterocycles. The Morgan fingerprint density at radius 2 is 1.61 bits per heavy atom. The lowest BCUT2D eigenvalue weighted by Crippen LogP contribution is -2.18. The number of nitrogens with one attached hydrogen (secondary N) is 2. The second kappa shape index (κ2) is 24.2. The van der Waals surface area contributed by atoms with Gasteiger partial charge in [-0.15, -0.1) is 9.24 Å². The van der Waals surface area contributed by atoms with Crippen LogP contribution in [0, 0.1) is 20.8 Å². The van der Waals surface area contributed by atoms with Crippen molar-refractivity contribution in [1.29, 1.82) is 0 Å². The van der Waals surface area contributed by atoms with Gasteiger partial charge in [-0.05, 0) is 78.3 Å². The average Bonchev–Trinajstić information content (AvgIpc) is 2.87. The fourth-order valence-corrected chi connectivity index (χ4v) is 3.17. The molecule has 0 fully saturated rings. The van der Waals surface area contributed by atoms with E-state index in [4.69, 9.17) is 0 Å². The number of aryl methyl sites for hydroxylation is 3. The van der Waals surface area contributed by atoms with Gasteiger partial charge >= 0.3 is 0 Å². The minimum atomic E-state index is 0.838. The number of nitrogens with zero attached hydrogens (tertiary/aromatic N) is 1. The van der Waals surface area contributed by atoms with E-state index in [0.29, 0.717) is 0 Å². The first kappa shape index (κ1) is 35.7. The van der Waals surface area contributed by atoms with Crippen LogP contribution in [-0.4, -0.2) is 32.9 Å². The third-order valence-corrected chi connectivity index (χ3v) is 5.45. The zero-order chi connectivity index (χ0) is 27.8. The summed E-state index contributed by atoms with van der Waals surface area (Å²) in [6.45, 7) is 23.3. The highest BCUT2D eigenvalue weighted by molar-refractivity contribution is 7.24. The molecule has 0 heterocycles. The summed E-state index contributed by atoms with van der Waals surface area (Å²) in [5.41, 5.74) is 7.45. The van der Waals surface area contributed by atoms with E-state index in [-0.39, 0.29) is 0 Å². The molecule has 3 nitrogen and oxygen atoms in total. The van der Waals surface area contributed by atoms with Crippen molar-refractivity contribution in [3.05, 3.63) is 101 Å². The first-order valence-electron chi connectivity index (χ1n) is 13.0. The standard InChI is InChI=1S/C12H14.C10H22N3P.C8H10.C2H6/c1-4-7-10(2)12-9-6-5-8-11(12)3;1-4-12-8-10(14)9(2)13-7-5-6-11-3;1-7-4-3-5-8(2)6-7;1-2/h4-9H,2H2,1,3H3;8,11,13H,4-7,14H2,1-3H3;3-6H,1-2H3;1-2H3/b7-4-;10-9+,12-8?;;. The van der Waals surface area contributed by atoms with Crippen LogP contribution in [-0.2, 0) is 0 Å². The van der Waals surface area contributed by atoms with Crippen LogP contribution in [0.15, 0.2) is 83.3 Å². The van der Waals surface area contributed by atoms with Crippen LogP contribution in [0.3, 0.4) is 0 Å². The van der Waals surface area contributed by atoms with Gasteiger partial charge in [-0.1, -0.05) is 92.2 Å². The van der Waals surface area contributed by atoms with Crippen LogP contribution in [0.4, 0.5) is 0 Å². The minimum absolute atomic E-state index is 0.838. The van der Waals surface area contributed by atoms with Gasteiger partial charge in [0.2, 0.25) is 0 Å². The van der Waals surface area contributed by atoms with Crippen LogP contribution in [0.5, 0.6) is 0 Å². The molecule has 1 atom stereocenters. The van der Waals surface area contributed by atoms with E-state index < -0.39 is 0 Å². The second-order valence-electron chi connectivity index (χ2n) is 8.09. The normalized spacial score (nSPS) is 10.8. The fraction of sp³-hybridized carbons (Fsp3) is 0.406. The molecular formula is C32H52N3P. The van der Waals surface area contributed by atoms with E-state index in [1.54, 1.807) is 0 Å². The smallest absolute Gasteiger partial charge is 0.0361 e. The van der Waals surface area contributed by atoms with Gasteiger partial charge in [-0.2, -0.15) is 0 Å². The van der Waals surface area contributed by atoms with Gasteiger partial charge in [0.15, 0.2) is 0 Å². The van der Waals surface area contributed by atoms with E-state index in [9.17, 15) is 0 Å². The van der Waals surface area contributed by atoms with Crippen molar-refractivity contribution < 1.29 is 0 Å². The van der Waals surface area contributed by atoms with Crippen molar-refractivity contribution in [3.63, 3.8) is 0 Å². The van der Waals surface area contributed by atoms with Crippen molar-refractivity contribution >= 4 is 21.0 Å². The Kier molecular flexibility index (Phi) is 24.0. The molecule has 200 valence electrons. The molecule has 36 heavy (non-hydrogen) atoms. The molecule has 0 saturated carbocycles. The molecule has 0 radical (unpaired) electrons. The summed E-state index contributed by atoms with van der Waals surface area (Å²) in [4.78, 5) is 4.18. The highest BCUT2D eigenvalue weighted by atomic mass is 31.0. The van der Waals surface area contributed by atoms with Gasteiger partial charge in [0.1, 0.15) is 0 Å². The summed E-state index contributed by atoms with van der Waals surface area (Å²) in [6, 6.07) is 16.7. The molecule has 0 bridgehead atoms. The highest BCUT2D eigenvalue weighted by Crippen LogP contribution is 2.17. The van der Waals surface area contributed by atoms with Crippen molar-refractivity contribution in [3.8, 4) is 0 Å². The second-order valence-corrected chi connectivity index (χ2v) is 8.71. The maximum Gasteiger partial charge on any atom is 0.0361 e. The predicted molar refractivity (Wildman–Crippen MR) is 170 cm³/mol. The molecule has 0 aliphatic heterocycles. The largest absolute Gasteiger partial charge is 0.388 e. The van der Waals surface area contributed by atoms with Crippen molar-refractivity contribution in [2.45, 2.75) is 61.8 Å². The Labute approximate surface area is 225 Å². The van der Waals surface area contributed by atoms with Gasteiger partial charge in [0.25, 0.3) is 0 Å². The van der Waals surface area contributed by atoms with Crippen LogP contribution >= 0.6 is 9.24 Å². The van der Waals surface area contributed by atoms with E-state index in [1.165, 1.54) is 28.0 Å². The van der Waals surface area contributed by atoms with Crippen molar-refractivity contribution in [2.75, 3.05) is 26.7 Å². The van der Waals surface area contributed by atoms with E-state index in [0.717, 1.165) is 36.9 Å². The molecule has 0 spiro atoms. The Hall–Kier alpha value is -2.48. The Morgan fingerprint density at radius 1 is 1.00 bits per heavy atom. The topological polar surface area (TPSA) is 36.4 Å². The van der Waals surface area contributed by atoms with Gasteiger partial charge < -0.3 is 10.6 Å². The van der Waals surface area contributed by atoms with Crippen molar-refractivity contribution in [1.82, 2.24) is 10.6 Å². The monoisotopic (exact) mass is 509 g/mol. The van der Waals surface area contributed by atoms with Crippen LogP contribution in [0.2, 0.25) is 0 Å². The number of rotatable bonds is 9. The van der Waals surface area contributed by atoms with Crippen LogP contribution < -0.4 is 10.6 Å². The van der Waals surface area contributed by atoms with Gasteiger partial charge in [-0.3, -0.25) is 4.99 Å². The number of aliphatic imine (C=N–C) groups is 1. The molecule has 2 rings (SSSR count). The average molecular weight is 510 g/mol. The molecule has 4 heteroatoms. The van der Waals surface area contributed by atoms with Gasteiger partial charge in [-0.25, -0.2) is 0 Å². The Morgan fingerprint density at radius 3 is 2.08 bits per heavy atom. The summed E-state index contributed by atoms with van der Waals surface area (Å²) in [5, 5.41) is 7.61. The fourth-order valence-electron chi connectivity index (χ4n) is 2.96. The molecule has 1 unspecified atom stereocenters. The summed E-state index contributed by atoms with van der Waals surface area (Å²) in [7, 11) is 4.67. The summed E-state index contributed by atoms with van der Waals surface area (Å²) in [6.07, 6.45) is 7.07. The molecule has 2 N–H and O–H groups in total. The maximum atomic E-state index is 4.18. The van der Waals surface area contributed by atoms with E-state index >= 15 is 0 Å². The first-order valence-corrected chi connectivity index (χ1v) is 13.6. The molecule has 2 aromatic rings. The third-order valence-electron chi connectivity index (χ3n) is 4.87. The number of benzene rings is 2. The van der Waals surface area contributed by atoms with Gasteiger partial charge in [0, 0.05) is 30.3 Å². The molecule has 0 aromatic heterocycles. The molecule has 0 amide bonds. The molecular weight excluding hydrogens is 457 g/mol. The Bertz CT molecular complexity index is 909. The van der Waals surface area contributed by atoms with E-state index in [2.05, 4.69) is 95.5 Å². The lowest BCUT2D eigenvalue weighted by Gasteiger charge is -2.07. The van der Waals surface area contributed by atoms with E-state index in [1.807, 2.05) is 65.2 Å². The summed E-state index contributed by atoms with van der Waals surface area (Å²) < 4.78 is 0. The zero-order valence-corrected chi connectivity index (χ0v) is 25.6. The lowest BCUT2D eigenvalue weighted by molar-refractivity contribution is 0.676. The predicted octanol–water partition coefficient (Wildman–Crippen LogP) is 8.30. The summed E-state index contributed by atoms with van der Waals surface area (Å²) in [5.74, 6) is 0. The van der Waals surface area contributed by atoms with Gasteiger partial charge in [0.05, 0.1) is 0 Å². The number of hydrogen-bond acceptors (Lipinski definition) is 3. The number of hydrogen-bond donors (Lipinski definition) is 2. The highest BCUT2D eigenvalue weighted by Gasteiger charge is 1.96. The number of allylic oxidation sites excluding steroid dienone is 5. The first-order chi connectivity index (χ1) is 17.3. The SMILES string of the molecule is C=C(/C=C\C)c1ccccc1C.CC.CCN=C/C(P)=C(/C)NCCCNC.Cc1cccc(C)c1. The van der Waals surface area contributed by atoms with Crippen molar-refractivity contribution in [2.24, 2.45) is 4.99 Å². The minimum Gasteiger partial charge on any atom is -0.388 e. The molecule has 0 aliphatic rings. The third kappa shape index (κ3) is 18.8. The maximum absolute atomic E-state index is 4.18. The molecule has 0 aliphatic carbocycles. The Balaban J connectivity index is 0. The summed E-state index contributed by atoms with van der Waals surface area (Å²) >= 11 is 0. The van der Waals surface area contributed by atoms with Crippen LogP contribution in [0.25, 0.3) is 5.57 Å². The molecule has 2 aromatic carbocycles. The quantitative estimate of drug-likeness (QED) is 0.154. The zero-order valence-electron chi connectivity index (χ0n) is 24.4.